The summed E-state index contributed by atoms with van der Waals surface area (Å²) in [5.74, 6) is -0.0177. The summed E-state index contributed by atoms with van der Waals surface area (Å²) in [6.45, 7) is 1.89. The Hall–Kier alpha value is -1.51. The third-order valence-corrected chi connectivity index (χ3v) is 2.06. The molecule has 0 spiro atoms. The zero-order valence-corrected chi connectivity index (χ0v) is 7.52. The molecule has 0 aliphatic rings. The van der Waals surface area contributed by atoms with Gasteiger partial charge in [0.05, 0.1) is 7.11 Å². The van der Waals surface area contributed by atoms with Crippen LogP contribution in [0, 0.1) is 12.7 Å². The Labute approximate surface area is 75.3 Å². The highest BCUT2D eigenvalue weighted by molar-refractivity contribution is 5.82. The Bertz CT molecular complexity index is 447. The summed E-state index contributed by atoms with van der Waals surface area (Å²) in [5, 5.41) is 0.580. The lowest BCUT2D eigenvalue weighted by molar-refractivity contribution is 0.389. The van der Waals surface area contributed by atoms with Crippen LogP contribution in [-0.2, 0) is 0 Å². The number of H-pyrrole nitrogens is 1. The van der Waals surface area contributed by atoms with Crippen molar-refractivity contribution in [2.24, 2.45) is 0 Å². The highest BCUT2D eigenvalue weighted by atomic mass is 19.1. The first-order valence-corrected chi connectivity index (χ1v) is 4.04. The SMILES string of the molecule is COc1ccc2[nH]c(C)cc2c1F. The van der Waals surface area contributed by atoms with Crippen LogP contribution in [0.1, 0.15) is 5.69 Å². The van der Waals surface area contributed by atoms with Crippen molar-refractivity contribution in [3.63, 3.8) is 0 Å². The zero-order valence-electron chi connectivity index (χ0n) is 7.52. The molecule has 1 aromatic carbocycles. The summed E-state index contributed by atoms with van der Waals surface area (Å²) in [6.07, 6.45) is 0. The van der Waals surface area contributed by atoms with Crippen LogP contribution in [-0.4, -0.2) is 12.1 Å². The minimum absolute atomic E-state index is 0.284. The minimum atomic E-state index is -0.302. The van der Waals surface area contributed by atoms with Crippen LogP contribution in [0.4, 0.5) is 4.39 Å². The van der Waals surface area contributed by atoms with E-state index in [1.807, 2.05) is 13.0 Å². The fourth-order valence-electron chi connectivity index (χ4n) is 1.45. The number of rotatable bonds is 1. The average Bonchev–Trinajstić information content (AvgIpc) is 2.47. The molecule has 0 aliphatic heterocycles. The quantitative estimate of drug-likeness (QED) is 0.715. The lowest BCUT2D eigenvalue weighted by Gasteiger charge is -2.00. The maximum absolute atomic E-state index is 13.5. The third kappa shape index (κ3) is 1.16. The molecule has 1 heterocycles. The van der Waals surface area contributed by atoms with E-state index in [2.05, 4.69) is 4.98 Å². The van der Waals surface area contributed by atoms with Gasteiger partial charge in [0, 0.05) is 16.6 Å². The molecule has 0 radical (unpaired) electrons. The summed E-state index contributed by atoms with van der Waals surface area (Å²) in [7, 11) is 1.46. The second kappa shape index (κ2) is 2.76. The first-order chi connectivity index (χ1) is 6.22. The Kier molecular flexibility index (Phi) is 1.72. The van der Waals surface area contributed by atoms with E-state index < -0.39 is 0 Å². The highest BCUT2D eigenvalue weighted by Crippen LogP contribution is 2.26. The maximum Gasteiger partial charge on any atom is 0.174 e. The van der Waals surface area contributed by atoms with Gasteiger partial charge >= 0.3 is 0 Å². The monoisotopic (exact) mass is 179 g/mol. The van der Waals surface area contributed by atoms with E-state index in [0.29, 0.717) is 5.39 Å². The molecule has 3 heteroatoms. The van der Waals surface area contributed by atoms with Crippen LogP contribution < -0.4 is 4.74 Å². The topological polar surface area (TPSA) is 25.0 Å². The molecule has 0 unspecified atom stereocenters. The van der Waals surface area contributed by atoms with Crippen molar-refractivity contribution in [3.8, 4) is 5.75 Å². The van der Waals surface area contributed by atoms with E-state index in [0.717, 1.165) is 11.2 Å². The molecule has 0 aliphatic carbocycles. The molecule has 0 saturated carbocycles. The molecular formula is C10H10FNO. The van der Waals surface area contributed by atoms with Gasteiger partial charge in [0.15, 0.2) is 11.6 Å². The van der Waals surface area contributed by atoms with Crippen molar-refractivity contribution in [2.75, 3.05) is 7.11 Å². The Morgan fingerprint density at radius 3 is 2.85 bits per heavy atom. The number of aryl methyl sites for hydroxylation is 1. The number of nitrogens with one attached hydrogen (secondary N) is 1. The fraction of sp³-hybridized carbons (Fsp3) is 0.200. The van der Waals surface area contributed by atoms with Gasteiger partial charge in [-0.1, -0.05) is 0 Å². The van der Waals surface area contributed by atoms with E-state index in [1.165, 1.54) is 7.11 Å². The molecule has 2 nitrogen and oxygen atoms in total. The Morgan fingerprint density at radius 1 is 1.38 bits per heavy atom. The van der Waals surface area contributed by atoms with Crippen molar-refractivity contribution in [3.05, 3.63) is 29.7 Å². The molecule has 68 valence electrons. The second-order valence-electron chi connectivity index (χ2n) is 3.00. The number of hydrogen-bond donors (Lipinski definition) is 1. The van der Waals surface area contributed by atoms with Gasteiger partial charge in [-0.15, -0.1) is 0 Å². The van der Waals surface area contributed by atoms with E-state index in [4.69, 9.17) is 4.74 Å². The summed E-state index contributed by atoms with van der Waals surface area (Å²) in [5.41, 5.74) is 1.75. The highest BCUT2D eigenvalue weighted by Gasteiger charge is 2.08. The number of benzene rings is 1. The predicted octanol–water partition coefficient (Wildman–Crippen LogP) is 2.62. The van der Waals surface area contributed by atoms with Crippen molar-refractivity contribution in [1.29, 1.82) is 0 Å². The van der Waals surface area contributed by atoms with Gasteiger partial charge < -0.3 is 9.72 Å². The first-order valence-electron chi connectivity index (χ1n) is 4.04. The van der Waals surface area contributed by atoms with Crippen LogP contribution in [0.5, 0.6) is 5.75 Å². The molecular weight excluding hydrogens is 169 g/mol. The van der Waals surface area contributed by atoms with Crippen molar-refractivity contribution < 1.29 is 9.13 Å². The largest absolute Gasteiger partial charge is 0.494 e. The summed E-state index contributed by atoms with van der Waals surface area (Å²) in [6, 6.07) is 5.20. The molecule has 0 saturated heterocycles. The first kappa shape index (κ1) is 8.10. The molecule has 0 amide bonds. The number of ether oxygens (including phenoxy) is 1. The third-order valence-electron chi connectivity index (χ3n) is 2.06. The zero-order chi connectivity index (χ0) is 9.42. The molecule has 13 heavy (non-hydrogen) atoms. The van der Waals surface area contributed by atoms with Crippen molar-refractivity contribution in [1.82, 2.24) is 4.98 Å². The van der Waals surface area contributed by atoms with E-state index >= 15 is 0 Å². The normalized spacial score (nSPS) is 10.7. The van der Waals surface area contributed by atoms with Crippen molar-refractivity contribution in [2.45, 2.75) is 6.92 Å². The van der Waals surface area contributed by atoms with Crippen LogP contribution in [0.3, 0.4) is 0 Å². The number of methoxy groups -OCH3 is 1. The van der Waals surface area contributed by atoms with Gasteiger partial charge in [-0.25, -0.2) is 4.39 Å². The fourth-order valence-corrected chi connectivity index (χ4v) is 1.45. The molecule has 2 aromatic rings. The molecule has 0 atom stereocenters. The van der Waals surface area contributed by atoms with Gasteiger partial charge in [-0.05, 0) is 25.1 Å². The predicted molar refractivity (Wildman–Crippen MR) is 49.5 cm³/mol. The number of fused-ring (bicyclic) bond motifs is 1. The molecule has 2 rings (SSSR count). The molecule has 0 bridgehead atoms. The minimum Gasteiger partial charge on any atom is -0.494 e. The molecule has 1 aromatic heterocycles. The van der Waals surface area contributed by atoms with Gasteiger partial charge in [0.25, 0.3) is 0 Å². The standard InChI is InChI=1S/C10H10FNO/c1-6-5-7-8(12-6)3-4-9(13-2)10(7)11/h3-5,12H,1-2H3. The Morgan fingerprint density at radius 2 is 2.15 bits per heavy atom. The van der Waals surface area contributed by atoms with Crippen LogP contribution >= 0.6 is 0 Å². The van der Waals surface area contributed by atoms with E-state index in [1.54, 1.807) is 12.1 Å². The van der Waals surface area contributed by atoms with Crippen LogP contribution in [0.25, 0.3) is 10.9 Å². The van der Waals surface area contributed by atoms with Crippen LogP contribution in [0.2, 0.25) is 0 Å². The number of hydrogen-bond acceptors (Lipinski definition) is 1. The number of halogens is 1. The van der Waals surface area contributed by atoms with Crippen molar-refractivity contribution >= 4 is 10.9 Å². The van der Waals surface area contributed by atoms with E-state index in [-0.39, 0.29) is 11.6 Å². The average molecular weight is 179 g/mol. The molecule has 1 N–H and O–H groups in total. The second-order valence-corrected chi connectivity index (χ2v) is 3.00. The summed E-state index contributed by atoms with van der Waals surface area (Å²) >= 11 is 0. The Balaban J connectivity index is 2.78. The smallest absolute Gasteiger partial charge is 0.174 e. The summed E-state index contributed by atoms with van der Waals surface area (Å²) < 4.78 is 18.4. The van der Waals surface area contributed by atoms with Gasteiger partial charge in [-0.2, -0.15) is 0 Å². The van der Waals surface area contributed by atoms with Gasteiger partial charge in [0.2, 0.25) is 0 Å². The molecule has 0 fully saturated rings. The lowest BCUT2D eigenvalue weighted by atomic mass is 10.2. The number of aromatic amines is 1. The van der Waals surface area contributed by atoms with E-state index in [9.17, 15) is 4.39 Å². The number of aromatic nitrogens is 1. The summed E-state index contributed by atoms with van der Waals surface area (Å²) in [4.78, 5) is 3.06. The van der Waals surface area contributed by atoms with Gasteiger partial charge in [0.1, 0.15) is 0 Å². The van der Waals surface area contributed by atoms with Gasteiger partial charge in [-0.3, -0.25) is 0 Å². The maximum atomic E-state index is 13.5. The lowest BCUT2D eigenvalue weighted by Crippen LogP contribution is -1.87. The van der Waals surface area contributed by atoms with Crippen LogP contribution in [0.15, 0.2) is 18.2 Å².